The summed E-state index contributed by atoms with van der Waals surface area (Å²) in [6.07, 6.45) is 0. The Morgan fingerprint density at radius 1 is 0.964 bits per heavy atom. The molecule has 1 aliphatic rings. The number of Topliss-reactive ketones (excluding diaryl/α,β-unsaturated/α-hetero) is 1. The number of carbonyl (C=O) groups excluding carboxylic acids is 3. The number of methoxy groups -OCH3 is 4. The van der Waals surface area contributed by atoms with Gasteiger partial charge in [0.2, 0.25) is 5.75 Å². The van der Waals surface area contributed by atoms with Crippen LogP contribution in [0.5, 0.6) is 17.2 Å². The number of anilines is 1. The van der Waals surface area contributed by atoms with Crippen molar-refractivity contribution in [2.75, 3.05) is 33.3 Å². The molecular formula is C20H19NO7. The van der Waals surface area contributed by atoms with E-state index in [-0.39, 0.29) is 23.6 Å². The molecule has 0 saturated heterocycles. The first-order valence-electron chi connectivity index (χ1n) is 8.33. The van der Waals surface area contributed by atoms with Crippen LogP contribution in [0.1, 0.15) is 26.3 Å². The van der Waals surface area contributed by atoms with Crippen LogP contribution in [0, 0.1) is 0 Å². The molecule has 0 unspecified atom stereocenters. The molecule has 0 aromatic heterocycles. The van der Waals surface area contributed by atoms with Crippen molar-refractivity contribution >= 4 is 23.3 Å². The number of fused-ring (bicyclic) bond motifs is 1. The molecule has 2 aromatic rings. The largest absolute Gasteiger partial charge is 0.493 e. The molecule has 0 aliphatic carbocycles. The van der Waals surface area contributed by atoms with Gasteiger partial charge in [-0.15, -0.1) is 0 Å². The molecule has 28 heavy (non-hydrogen) atoms. The van der Waals surface area contributed by atoms with Gasteiger partial charge in [-0.3, -0.25) is 9.59 Å². The summed E-state index contributed by atoms with van der Waals surface area (Å²) >= 11 is 0. The number of rotatable bonds is 6. The number of hydrogen-bond acceptors (Lipinski definition) is 7. The molecule has 146 valence electrons. The maximum absolute atomic E-state index is 12.7. The topological polar surface area (TPSA) is 91.4 Å². The molecule has 8 heteroatoms. The van der Waals surface area contributed by atoms with Crippen LogP contribution in [0.2, 0.25) is 0 Å². The molecule has 0 fully saturated rings. The summed E-state index contributed by atoms with van der Waals surface area (Å²) < 4.78 is 20.7. The Bertz CT molecular complexity index is 967. The summed E-state index contributed by atoms with van der Waals surface area (Å²) in [4.78, 5) is 38.4. The fourth-order valence-corrected chi connectivity index (χ4v) is 3.17. The van der Waals surface area contributed by atoms with Crippen molar-refractivity contribution in [1.82, 2.24) is 0 Å². The van der Waals surface area contributed by atoms with Gasteiger partial charge < -0.3 is 23.8 Å². The number of ketones is 1. The van der Waals surface area contributed by atoms with Crippen LogP contribution in [0.25, 0.3) is 0 Å². The molecule has 1 amide bonds. The fraction of sp³-hybridized carbons (Fsp3) is 0.250. The van der Waals surface area contributed by atoms with E-state index in [2.05, 4.69) is 0 Å². The molecule has 0 radical (unpaired) electrons. The van der Waals surface area contributed by atoms with Crippen molar-refractivity contribution in [3.8, 4) is 17.2 Å². The molecule has 1 heterocycles. The highest BCUT2D eigenvalue weighted by atomic mass is 16.5. The maximum Gasteiger partial charge on any atom is 0.337 e. The van der Waals surface area contributed by atoms with Crippen LogP contribution in [-0.4, -0.2) is 46.1 Å². The molecule has 0 N–H and O–H groups in total. The number of hydrogen-bond donors (Lipinski definition) is 0. The van der Waals surface area contributed by atoms with Crippen LogP contribution in [-0.2, 0) is 16.1 Å². The van der Waals surface area contributed by atoms with Crippen LogP contribution in [0.3, 0.4) is 0 Å². The summed E-state index contributed by atoms with van der Waals surface area (Å²) in [6.45, 7) is 0.0844. The van der Waals surface area contributed by atoms with Gasteiger partial charge in [0.05, 0.1) is 51.8 Å². The highest BCUT2D eigenvalue weighted by Gasteiger charge is 2.41. The van der Waals surface area contributed by atoms with Gasteiger partial charge in [-0.25, -0.2) is 4.79 Å². The SMILES string of the molecule is COC(=O)c1cccc(CN2C(=O)C(=O)c3c2cc(OC)c(OC)c3OC)c1. The van der Waals surface area contributed by atoms with E-state index in [4.69, 9.17) is 18.9 Å². The predicted octanol–water partition coefficient (Wildman–Crippen LogP) is 2.23. The van der Waals surface area contributed by atoms with Crippen molar-refractivity contribution in [2.24, 2.45) is 0 Å². The lowest BCUT2D eigenvalue weighted by Crippen LogP contribution is -2.29. The van der Waals surface area contributed by atoms with Crippen LogP contribution >= 0.6 is 0 Å². The fourth-order valence-electron chi connectivity index (χ4n) is 3.17. The van der Waals surface area contributed by atoms with Gasteiger partial charge in [0, 0.05) is 6.07 Å². The van der Waals surface area contributed by atoms with Crippen LogP contribution < -0.4 is 19.1 Å². The van der Waals surface area contributed by atoms with E-state index in [0.29, 0.717) is 22.6 Å². The Kier molecular flexibility index (Phi) is 5.21. The minimum absolute atomic E-state index is 0.0844. The van der Waals surface area contributed by atoms with E-state index in [1.165, 1.54) is 33.3 Å². The van der Waals surface area contributed by atoms with E-state index < -0.39 is 17.7 Å². The number of nitrogens with zero attached hydrogens (tertiary/aromatic N) is 1. The molecule has 3 rings (SSSR count). The van der Waals surface area contributed by atoms with Gasteiger partial charge in [0.15, 0.2) is 11.5 Å². The molecule has 1 aliphatic heterocycles. The zero-order valence-electron chi connectivity index (χ0n) is 15.9. The average molecular weight is 385 g/mol. The maximum atomic E-state index is 12.7. The quantitative estimate of drug-likeness (QED) is 0.556. The molecular weight excluding hydrogens is 366 g/mol. The van der Waals surface area contributed by atoms with Gasteiger partial charge in [-0.1, -0.05) is 12.1 Å². The van der Waals surface area contributed by atoms with Crippen molar-refractivity contribution < 1.29 is 33.3 Å². The van der Waals surface area contributed by atoms with Crippen molar-refractivity contribution in [3.05, 3.63) is 47.0 Å². The third-order valence-electron chi connectivity index (χ3n) is 4.46. The van der Waals surface area contributed by atoms with E-state index in [1.807, 2.05) is 0 Å². The summed E-state index contributed by atoms with van der Waals surface area (Å²) in [5.74, 6) is -1.18. The lowest BCUT2D eigenvalue weighted by molar-refractivity contribution is -0.114. The highest BCUT2D eigenvalue weighted by Crippen LogP contribution is 2.48. The van der Waals surface area contributed by atoms with E-state index in [9.17, 15) is 14.4 Å². The number of carbonyl (C=O) groups is 3. The second kappa shape index (κ2) is 7.59. The van der Waals surface area contributed by atoms with E-state index in [0.717, 1.165) is 0 Å². The summed E-state index contributed by atoms with van der Waals surface area (Å²) in [7, 11) is 5.55. The summed E-state index contributed by atoms with van der Waals surface area (Å²) in [5.41, 5.74) is 1.48. The van der Waals surface area contributed by atoms with Gasteiger partial charge in [-0.05, 0) is 17.7 Å². The minimum atomic E-state index is -0.702. The number of esters is 1. The number of amides is 1. The minimum Gasteiger partial charge on any atom is -0.493 e. The summed E-state index contributed by atoms with van der Waals surface area (Å²) in [6, 6.07) is 8.21. The Hall–Kier alpha value is -3.55. The third-order valence-corrected chi connectivity index (χ3v) is 4.46. The molecule has 8 nitrogen and oxygen atoms in total. The van der Waals surface area contributed by atoms with E-state index in [1.54, 1.807) is 30.3 Å². The van der Waals surface area contributed by atoms with Gasteiger partial charge >= 0.3 is 5.97 Å². The van der Waals surface area contributed by atoms with Gasteiger partial charge in [0.1, 0.15) is 0 Å². The van der Waals surface area contributed by atoms with Gasteiger partial charge in [0.25, 0.3) is 11.7 Å². The monoisotopic (exact) mass is 385 g/mol. The molecule has 0 spiro atoms. The average Bonchev–Trinajstić information content (AvgIpc) is 2.96. The second-order valence-corrected chi connectivity index (χ2v) is 5.95. The molecule has 0 atom stereocenters. The second-order valence-electron chi connectivity index (χ2n) is 5.95. The molecule has 0 saturated carbocycles. The Balaban J connectivity index is 2.08. The number of benzene rings is 2. The lowest BCUT2D eigenvalue weighted by Gasteiger charge is -2.20. The standard InChI is InChI=1S/C20H19NO7/c1-25-14-9-13-15(18(27-3)17(14)26-2)16(22)19(23)21(13)10-11-6-5-7-12(8-11)20(24)28-4/h5-9H,10H2,1-4H3. The third kappa shape index (κ3) is 3.02. The molecule has 0 bridgehead atoms. The smallest absolute Gasteiger partial charge is 0.337 e. The zero-order valence-corrected chi connectivity index (χ0v) is 15.9. The van der Waals surface area contributed by atoms with Gasteiger partial charge in [-0.2, -0.15) is 0 Å². The zero-order chi connectivity index (χ0) is 20.4. The number of ether oxygens (including phenoxy) is 4. The highest BCUT2D eigenvalue weighted by molar-refractivity contribution is 6.53. The van der Waals surface area contributed by atoms with Crippen molar-refractivity contribution in [3.63, 3.8) is 0 Å². The first kappa shape index (κ1) is 19.2. The normalized spacial score (nSPS) is 12.6. The Morgan fingerprint density at radius 2 is 1.68 bits per heavy atom. The first-order valence-corrected chi connectivity index (χ1v) is 8.33. The van der Waals surface area contributed by atoms with Crippen molar-refractivity contribution in [1.29, 1.82) is 0 Å². The Labute approximate surface area is 161 Å². The Morgan fingerprint density at radius 3 is 2.29 bits per heavy atom. The predicted molar refractivity (Wildman–Crippen MR) is 99.4 cm³/mol. The van der Waals surface area contributed by atoms with Crippen LogP contribution in [0.15, 0.2) is 30.3 Å². The van der Waals surface area contributed by atoms with E-state index >= 15 is 0 Å². The lowest BCUT2D eigenvalue weighted by atomic mass is 10.1. The first-order chi connectivity index (χ1) is 13.5. The van der Waals surface area contributed by atoms with Crippen LogP contribution in [0.4, 0.5) is 5.69 Å². The molecule has 2 aromatic carbocycles. The van der Waals surface area contributed by atoms with Crippen molar-refractivity contribution in [2.45, 2.75) is 6.54 Å². The summed E-state index contributed by atoms with van der Waals surface area (Å²) in [5, 5.41) is 0.